The molecule has 0 bridgehead atoms. The quantitative estimate of drug-likeness (QED) is 0.302. The van der Waals surface area contributed by atoms with Gasteiger partial charge in [0.1, 0.15) is 18.6 Å². The zero-order valence-electron chi connectivity index (χ0n) is 26.7. The van der Waals surface area contributed by atoms with Crippen molar-refractivity contribution >= 4 is 17.4 Å². The molecule has 258 valence electrons. The number of alkyl halides is 4. The fourth-order valence-corrected chi connectivity index (χ4v) is 7.54. The summed E-state index contributed by atoms with van der Waals surface area (Å²) in [6.45, 7) is 2.48. The van der Waals surface area contributed by atoms with Gasteiger partial charge in [-0.15, -0.1) is 0 Å². The summed E-state index contributed by atoms with van der Waals surface area (Å²) in [4.78, 5) is 27.6. The van der Waals surface area contributed by atoms with Gasteiger partial charge in [-0.1, -0.05) is 0 Å². The van der Waals surface area contributed by atoms with Crippen LogP contribution >= 0.6 is 0 Å². The third-order valence-electron chi connectivity index (χ3n) is 9.86. The predicted octanol–water partition coefficient (Wildman–Crippen LogP) is 4.29. The van der Waals surface area contributed by atoms with Crippen molar-refractivity contribution < 1.29 is 36.2 Å². The first kappa shape index (κ1) is 32.5. The van der Waals surface area contributed by atoms with Crippen LogP contribution in [0.25, 0.3) is 0 Å². The van der Waals surface area contributed by atoms with Gasteiger partial charge >= 0.3 is 12.2 Å². The van der Waals surface area contributed by atoms with Crippen molar-refractivity contribution in [3.05, 3.63) is 57.8 Å². The molecular weight excluding hydrogens is 639 g/mol. The summed E-state index contributed by atoms with van der Waals surface area (Å²) in [5.74, 6) is -0.954. The third kappa shape index (κ3) is 5.82. The lowest BCUT2D eigenvalue weighted by atomic mass is 9.94. The largest absolute Gasteiger partial charge is 0.461 e. The predicted molar refractivity (Wildman–Crippen MR) is 164 cm³/mol. The van der Waals surface area contributed by atoms with Gasteiger partial charge in [0, 0.05) is 57.7 Å². The van der Waals surface area contributed by atoms with Gasteiger partial charge < -0.3 is 25.0 Å². The summed E-state index contributed by atoms with van der Waals surface area (Å²) in [6, 6.07) is 3.39. The molecule has 7 rings (SSSR count). The number of nitrogen functional groups attached to an aromatic ring is 1. The van der Waals surface area contributed by atoms with Crippen molar-refractivity contribution in [3.63, 3.8) is 0 Å². The lowest BCUT2D eigenvalue weighted by molar-refractivity contribution is -0.140. The molecule has 1 amide bonds. The van der Waals surface area contributed by atoms with Crippen LogP contribution in [0.3, 0.4) is 0 Å². The number of carbonyl (C=O) groups is 1. The van der Waals surface area contributed by atoms with Crippen molar-refractivity contribution in [3.8, 4) is 6.01 Å². The van der Waals surface area contributed by atoms with E-state index < -0.39 is 46.6 Å². The number of rotatable bonds is 6. The van der Waals surface area contributed by atoms with Crippen molar-refractivity contribution in [2.45, 2.75) is 75.8 Å². The molecule has 11 nitrogen and oxygen atoms in total. The van der Waals surface area contributed by atoms with Gasteiger partial charge in [0.05, 0.1) is 47.4 Å². The van der Waals surface area contributed by atoms with Crippen molar-refractivity contribution in [2.24, 2.45) is 0 Å². The Morgan fingerprint density at radius 1 is 1.19 bits per heavy atom. The van der Waals surface area contributed by atoms with Crippen LogP contribution in [0.2, 0.25) is 0 Å². The van der Waals surface area contributed by atoms with Crippen LogP contribution < -0.4 is 15.4 Å². The molecular formula is C32H37F5N8O3. The van der Waals surface area contributed by atoms with Gasteiger partial charge in [0.15, 0.2) is 11.5 Å². The van der Waals surface area contributed by atoms with Gasteiger partial charge in [0.2, 0.25) is 0 Å². The average molecular weight is 677 g/mol. The normalized spacial score (nSPS) is 24.2. The summed E-state index contributed by atoms with van der Waals surface area (Å²) >= 11 is 0. The van der Waals surface area contributed by atoms with Gasteiger partial charge in [-0.2, -0.15) is 28.2 Å². The number of nitrogens with zero attached hydrogens (tertiary/aromatic N) is 7. The maximum absolute atomic E-state index is 15.3. The number of amides is 1. The minimum Gasteiger partial charge on any atom is -0.461 e. The zero-order chi connectivity index (χ0) is 34.0. The Morgan fingerprint density at radius 2 is 2.00 bits per heavy atom. The lowest BCUT2D eigenvalue weighted by Crippen LogP contribution is -2.43. The molecule has 16 heteroatoms. The number of halogens is 5. The zero-order valence-corrected chi connectivity index (χ0v) is 26.7. The van der Waals surface area contributed by atoms with Crippen molar-refractivity contribution in [2.75, 3.05) is 51.0 Å². The molecule has 4 aliphatic rings. The molecule has 2 saturated heterocycles. The molecule has 0 unspecified atom stereocenters. The SMILES string of the molecule is CN(C)C(=O)c1cc2n(n1)CCCN(c1nc(OC[C@@]34CCCN3C[C@H](F)C4)nc3c1CO[C@H](c1c(C(F)(F)F)ccc(N)c1F)C3)C2. The topological polar surface area (TPSA) is 115 Å². The summed E-state index contributed by atoms with van der Waals surface area (Å²) in [7, 11) is 3.30. The fourth-order valence-electron chi connectivity index (χ4n) is 7.54. The van der Waals surface area contributed by atoms with Gasteiger partial charge in [0.25, 0.3) is 5.91 Å². The number of nitrogens with two attached hydrogens (primary N) is 1. The number of anilines is 2. The number of carbonyl (C=O) groups excluding carboxylic acids is 1. The van der Waals surface area contributed by atoms with E-state index in [1.807, 2.05) is 4.90 Å². The number of hydrogen-bond acceptors (Lipinski definition) is 9. The highest BCUT2D eigenvalue weighted by atomic mass is 19.4. The van der Waals surface area contributed by atoms with Crippen LogP contribution in [-0.2, 0) is 37.0 Å². The van der Waals surface area contributed by atoms with E-state index in [9.17, 15) is 22.4 Å². The number of benzene rings is 1. The second kappa shape index (κ2) is 12.1. The van der Waals surface area contributed by atoms with E-state index in [0.717, 1.165) is 37.2 Å². The molecule has 0 spiro atoms. The highest BCUT2D eigenvalue weighted by molar-refractivity contribution is 5.92. The van der Waals surface area contributed by atoms with Crippen LogP contribution in [0.4, 0.5) is 33.5 Å². The molecule has 0 saturated carbocycles. The van der Waals surface area contributed by atoms with Crippen LogP contribution in [0, 0.1) is 5.82 Å². The van der Waals surface area contributed by atoms with Crippen LogP contribution in [-0.4, -0.2) is 87.5 Å². The van der Waals surface area contributed by atoms with E-state index in [1.54, 1.807) is 24.8 Å². The lowest BCUT2D eigenvalue weighted by Gasteiger charge is -2.33. The van der Waals surface area contributed by atoms with Crippen LogP contribution in [0.1, 0.15) is 70.4 Å². The Balaban J connectivity index is 1.26. The van der Waals surface area contributed by atoms with E-state index in [-0.39, 0.29) is 31.6 Å². The molecule has 0 aliphatic carbocycles. The minimum atomic E-state index is -4.84. The van der Waals surface area contributed by atoms with Gasteiger partial charge in [-0.3, -0.25) is 14.4 Å². The molecule has 4 aliphatic heterocycles. The number of hydrogen-bond donors (Lipinski definition) is 1. The molecule has 3 aromatic rings. The van der Waals surface area contributed by atoms with Crippen LogP contribution in [0.5, 0.6) is 6.01 Å². The Morgan fingerprint density at radius 3 is 2.77 bits per heavy atom. The number of ether oxygens (including phenoxy) is 2. The molecule has 1 aromatic carbocycles. The van der Waals surface area contributed by atoms with Gasteiger partial charge in [-0.25, -0.2) is 8.78 Å². The molecule has 3 atom stereocenters. The molecule has 0 radical (unpaired) electrons. The van der Waals surface area contributed by atoms with E-state index in [4.69, 9.17) is 20.2 Å². The van der Waals surface area contributed by atoms with E-state index >= 15 is 4.39 Å². The number of aromatic nitrogens is 4. The maximum Gasteiger partial charge on any atom is 0.416 e. The Kier molecular flexibility index (Phi) is 8.21. The fraction of sp³-hybridized carbons (Fsp3) is 0.562. The minimum absolute atomic E-state index is 0.00162. The Labute approximate surface area is 273 Å². The second-order valence-electron chi connectivity index (χ2n) is 13.3. The summed E-state index contributed by atoms with van der Waals surface area (Å²) in [5.41, 5.74) is 4.95. The molecule has 2 N–H and O–H groups in total. The average Bonchev–Trinajstić information content (AvgIpc) is 3.66. The standard InChI is InChI=1S/C32H37F5N8O3/c1-42(2)29(46)24-11-19-15-43(8-4-10-45(19)41-24)28-20-16-47-25(26-21(32(35,36)37)5-6-22(38)27(26)34)12-23(20)39-30(40-28)48-17-31-7-3-9-44(31)14-18(33)13-31/h5-6,11,18,25H,3-4,7-10,12-17,38H2,1-2H3/t18-,25+,31+/m1/s1. The molecule has 2 fully saturated rings. The van der Waals surface area contributed by atoms with Crippen molar-refractivity contribution in [1.29, 1.82) is 0 Å². The molecule has 2 aromatic heterocycles. The molecule has 6 heterocycles. The van der Waals surface area contributed by atoms with Crippen LogP contribution in [0.15, 0.2) is 18.2 Å². The number of fused-ring (bicyclic) bond motifs is 3. The highest BCUT2D eigenvalue weighted by Gasteiger charge is 2.49. The number of aryl methyl sites for hydroxylation is 1. The first-order valence-electron chi connectivity index (χ1n) is 16.0. The smallest absolute Gasteiger partial charge is 0.416 e. The summed E-state index contributed by atoms with van der Waals surface area (Å²) in [5, 5.41) is 4.51. The Hall–Kier alpha value is -4.05. The summed E-state index contributed by atoms with van der Waals surface area (Å²) in [6.07, 6.45) is -4.66. The van der Waals surface area contributed by atoms with E-state index in [0.29, 0.717) is 61.8 Å². The monoisotopic (exact) mass is 676 g/mol. The van der Waals surface area contributed by atoms with Crippen molar-refractivity contribution in [1.82, 2.24) is 29.5 Å². The second-order valence-corrected chi connectivity index (χ2v) is 13.3. The van der Waals surface area contributed by atoms with E-state index in [1.165, 1.54) is 4.90 Å². The van der Waals surface area contributed by atoms with E-state index in [2.05, 4.69) is 15.0 Å². The maximum atomic E-state index is 15.3. The van der Waals surface area contributed by atoms with Gasteiger partial charge in [-0.05, 0) is 44.0 Å². The first-order chi connectivity index (χ1) is 22.8. The Bertz CT molecular complexity index is 1730. The first-order valence-corrected chi connectivity index (χ1v) is 16.0. The third-order valence-corrected chi connectivity index (χ3v) is 9.86. The summed E-state index contributed by atoms with van der Waals surface area (Å²) < 4.78 is 85.9. The molecule has 48 heavy (non-hydrogen) atoms. The highest BCUT2D eigenvalue weighted by Crippen LogP contribution is 2.44.